The number of benzene rings is 1. The summed E-state index contributed by atoms with van der Waals surface area (Å²) in [4.78, 5) is 30.7. The lowest BCUT2D eigenvalue weighted by atomic mass is 9.95. The fourth-order valence-corrected chi connectivity index (χ4v) is 1.63. The van der Waals surface area contributed by atoms with Crippen molar-refractivity contribution in [2.24, 2.45) is 0 Å². The fraction of sp³-hybridized carbons (Fsp3) is 0.300. The van der Waals surface area contributed by atoms with Crippen molar-refractivity contribution < 1.29 is 19.7 Å². The van der Waals surface area contributed by atoms with Gasteiger partial charge in [-0.05, 0) is 12.5 Å². The van der Waals surface area contributed by atoms with Gasteiger partial charge >= 0.3 is 5.97 Å². The van der Waals surface area contributed by atoms with Crippen molar-refractivity contribution in [3.63, 3.8) is 0 Å². The molecule has 8 nitrogen and oxygen atoms in total. The molecule has 0 aliphatic carbocycles. The summed E-state index contributed by atoms with van der Waals surface area (Å²) in [6, 6.07) is 2.97. The molecule has 0 heterocycles. The molecule has 0 fully saturated rings. The molecule has 0 spiro atoms. The van der Waals surface area contributed by atoms with E-state index in [9.17, 15) is 25.0 Å². The molecule has 1 atom stereocenters. The van der Waals surface area contributed by atoms with E-state index in [4.69, 9.17) is 5.11 Å². The van der Waals surface area contributed by atoms with Gasteiger partial charge in [0.05, 0.1) is 21.8 Å². The zero-order valence-corrected chi connectivity index (χ0v) is 9.40. The molecule has 0 bridgehead atoms. The molecule has 0 amide bonds. The van der Waals surface area contributed by atoms with Gasteiger partial charge < -0.3 is 5.11 Å². The third kappa shape index (κ3) is 2.59. The summed E-state index contributed by atoms with van der Waals surface area (Å²) < 4.78 is 0. The first kappa shape index (κ1) is 13.6. The van der Waals surface area contributed by atoms with Crippen molar-refractivity contribution in [1.29, 1.82) is 0 Å². The maximum atomic E-state index is 11.0. The zero-order chi connectivity index (χ0) is 13.9. The number of nitro groups is 2. The molecular formula is C10H10N2O6. The second-order valence-corrected chi connectivity index (χ2v) is 3.56. The maximum Gasteiger partial charge on any atom is 0.311 e. The Balaban J connectivity index is 3.40. The van der Waals surface area contributed by atoms with E-state index < -0.39 is 33.1 Å². The lowest BCUT2D eigenvalue weighted by molar-refractivity contribution is -0.394. The van der Waals surface area contributed by atoms with Crippen LogP contribution in [0, 0.1) is 20.2 Å². The van der Waals surface area contributed by atoms with Crippen LogP contribution in [0.1, 0.15) is 24.8 Å². The van der Waals surface area contributed by atoms with Gasteiger partial charge in [0.15, 0.2) is 0 Å². The van der Waals surface area contributed by atoms with E-state index in [0.29, 0.717) is 0 Å². The van der Waals surface area contributed by atoms with Crippen LogP contribution in [0.4, 0.5) is 11.4 Å². The maximum absolute atomic E-state index is 11.0. The zero-order valence-electron chi connectivity index (χ0n) is 9.40. The molecule has 1 unspecified atom stereocenters. The van der Waals surface area contributed by atoms with Crippen LogP contribution < -0.4 is 0 Å². The van der Waals surface area contributed by atoms with Crippen molar-refractivity contribution in [2.75, 3.05) is 0 Å². The van der Waals surface area contributed by atoms with E-state index >= 15 is 0 Å². The highest BCUT2D eigenvalue weighted by molar-refractivity contribution is 5.78. The largest absolute Gasteiger partial charge is 0.481 e. The summed E-state index contributed by atoms with van der Waals surface area (Å²) in [7, 11) is 0. The molecule has 8 heteroatoms. The number of nitro benzene ring substituents is 2. The van der Waals surface area contributed by atoms with Crippen molar-refractivity contribution in [1.82, 2.24) is 0 Å². The van der Waals surface area contributed by atoms with Crippen LogP contribution in [-0.2, 0) is 4.79 Å². The Labute approximate surface area is 101 Å². The van der Waals surface area contributed by atoms with Crippen molar-refractivity contribution in [3.8, 4) is 0 Å². The molecule has 0 aromatic heterocycles. The predicted molar refractivity (Wildman–Crippen MR) is 60.4 cm³/mol. The highest BCUT2D eigenvalue weighted by atomic mass is 16.6. The van der Waals surface area contributed by atoms with Gasteiger partial charge in [0.1, 0.15) is 0 Å². The fourth-order valence-electron chi connectivity index (χ4n) is 1.63. The minimum Gasteiger partial charge on any atom is -0.481 e. The molecule has 1 rings (SSSR count). The molecule has 1 aromatic rings. The van der Waals surface area contributed by atoms with Crippen LogP contribution in [-0.4, -0.2) is 20.9 Å². The van der Waals surface area contributed by atoms with E-state index in [2.05, 4.69) is 0 Å². The third-order valence-corrected chi connectivity index (χ3v) is 2.50. The van der Waals surface area contributed by atoms with Crippen LogP contribution >= 0.6 is 0 Å². The Morgan fingerprint density at radius 2 is 1.94 bits per heavy atom. The summed E-state index contributed by atoms with van der Waals surface area (Å²) in [6.45, 7) is 1.57. The molecule has 0 radical (unpaired) electrons. The quantitative estimate of drug-likeness (QED) is 0.633. The number of non-ortho nitro benzene ring substituents is 1. The number of nitrogens with zero attached hydrogens (tertiary/aromatic N) is 2. The Morgan fingerprint density at radius 3 is 2.33 bits per heavy atom. The van der Waals surface area contributed by atoms with Crippen LogP contribution in [0.5, 0.6) is 0 Å². The normalized spacial score (nSPS) is 11.8. The molecule has 0 saturated carbocycles. The van der Waals surface area contributed by atoms with Crippen molar-refractivity contribution in [3.05, 3.63) is 44.0 Å². The van der Waals surface area contributed by atoms with E-state index in [0.717, 1.165) is 18.2 Å². The average molecular weight is 254 g/mol. The Morgan fingerprint density at radius 1 is 1.33 bits per heavy atom. The molecular weight excluding hydrogens is 244 g/mol. The molecule has 18 heavy (non-hydrogen) atoms. The first-order valence-electron chi connectivity index (χ1n) is 5.04. The molecule has 96 valence electrons. The number of carboxylic acid groups (broad SMARTS) is 1. The van der Waals surface area contributed by atoms with E-state index in [1.54, 1.807) is 6.92 Å². The highest BCUT2D eigenvalue weighted by Crippen LogP contribution is 2.32. The molecule has 1 aromatic carbocycles. The minimum absolute atomic E-state index is 0.0272. The number of carboxylic acids is 1. The molecule has 0 saturated heterocycles. The van der Waals surface area contributed by atoms with Gasteiger partial charge in [-0.2, -0.15) is 0 Å². The molecule has 0 aliphatic rings. The van der Waals surface area contributed by atoms with Crippen molar-refractivity contribution >= 4 is 17.3 Å². The number of hydrogen-bond acceptors (Lipinski definition) is 5. The van der Waals surface area contributed by atoms with Crippen LogP contribution in [0.2, 0.25) is 0 Å². The lowest BCUT2D eigenvalue weighted by Crippen LogP contribution is -2.12. The summed E-state index contributed by atoms with van der Waals surface area (Å²) >= 11 is 0. The first-order chi connectivity index (χ1) is 8.38. The van der Waals surface area contributed by atoms with Gasteiger partial charge in [-0.1, -0.05) is 6.92 Å². The van der Waals surface area contributed by atoms with Crippen LogP contribution in [0.25, 0.3) is 0 Å². The Hall–Kier alpha value is -2.51. The summed E-state index contributed by atoms with van der Waals surface area (Å²) in [5, 5.41) is 30.3. The number of hydrogen-bond donors (Lipinski definition) is 1. The summed E-state index contributed by atoms with van der Waals surface area (Å²) in [6.07, 6.45) is 0.161. The second-order valence-electron chi connectivity index (χ2n) is 3.56. The second kappa shape index (κ2) is 5.21. The Kier molecular flexibility index (Phi) is 3.93. The summed E-state index contributed by atoms with van der Waals surface area (Å²) in [5.41, 5.74) is -1.01. The third-order valence-electron chi connectivity index (χ3n) is 2.50. The standard InChI is InChI=1S/C10H10N2O6/c1-2-7(10(13)14)8-4-3-6(11(15)16)5-9(8)12(17)18/h3-5,7H,2H2,1H3,(H,13,14). The SMILES string of the molecule is CCC(C(=O)O)c1ccc([N+](=O)[O-])cc1[N+](=O)[O-]. The highest BCUT2D eigenvalue weighted by Gasteiger charge is 2.28. The monoisotopic (exact) mass is 254 g/mol. The van der Waals surface area contributed by atoms with E-state index in [1.165, 1.54) is 0 Å². The molecule has 1 N–H and O–H groups in total. The van der Waals surface area contributed by atoms with Gasteiger partial charge in [-0.25, -0.2) is 0 Å². The van der Waals surface area contributed by atoms with Gasteiger partial charge in [0.2, 0.25) is 0 Å². The number of carbonyl (C=O) groups is 1. The predicted octanol–water partition coefficient (Wildman–Crippen LogP) is 2.08. The van der Waals surface area contributed by atoms with Gasteiger partial charge in [-0.3, -0.25) is 25.0 Å². The Bertz CT molecular complexity index is 513. The summed E-state index contributed by atoms with van der Waals surface area (Å²) in [5.74, 6) is -2.25. The van der Waals surface area contributed by atoms with Gasteiger partial charge in [0.25, 0.3) is 11.4 Å². The number of aliphatic carboxylic acids is 1. The van der Waals surface area contributed by atoms with Gasteiger partial charge in [0, 0.05) is 11.6 Å². The average Bonchev–Trinajstić information content (AvgIpc) is 2.29. The molecule has 0 aliphatic heterocycles. The van der Waals surface area contributed by atoms with Crippen molar-refractivity contribution in [2.45, 2.75) is 19.3 Å². The van der Waals surface area contributed by atoms with Crippen LogP contribution in [0.3, 0.4) is 0 Å². The van der Waals surface area contributed by atoms with E-state index in [-0.39, 0.29) is 12.0 Å². The first-order valence-corrected chi connectivity index (χ1v) is 5.04. The number of rotatable bonds is 5. The lowest BCUT2D eigenvalue weighted by Gasteiger charge is -2.10. The minimum atomic E-state index is -1.20. The van der Waals surface area contributed by atoms with Gasteiger partial charge in [-0.15, -0.1) is 0 Å². The topological polar surface area (TPSA) is 124 Å². The van der Waals surface area contributed by atoms with E-state index in [1.807, 2.05) is 0 Å². The smallest absolute Gasteiger partial charge is 0.311 e. The van der Waals surface area contributed by atoms with Crippen LogP contribution in [0.15, 0.2) is 18.2 Å².